The summed E-state index contributed by atoms with van der Waals surface area (Å²) in [6, 6.07) is 1.71. The maximum absolute atomic E-state index is 10.6. The number of aromatic nitrogens is 3. The molecule has 0 saturated heterocycles. The molecule has 0 fully saturated rings. The minimum absolute atomic E-state index is 0.139. The predicted molar refractivity (Wildman–Crippen MR) is 65.5 cm³/mol. The van der Waals surface area contributed by atoms with Crippen LogP contribution >= 0.6 is 11.6 Å². The molecule has 3 rings (SSSR count). The van der Waals surface area contributed by atoms with E-state index in [-0.39, 0.29) is 11.5 Å². The molecule has 18 heavy (non-hydrogen) atoms. The van der Waals surface area contributed by atoms with Gasteiger partial charge in [-0.15, -0.1) is 0 Å². The van der Waals surface area contributed by atoms with Crippen LogP contribution in [0.4, 0.5) is 0 Å². The van der Waals surface area contributed by atoms with Gasteiger partial charge in [-0.05, 0) is 6.42 Å². The Bertz CT molecular complexity index is 636. The van der Waals surface area contributed by atoms with Gasteiger partial charge in [-0.1, -0.05) is 25.4 Å². The first kappa shape index (κ1) is 11.5. The Morgan fingerprint density at radius 3 is 3.11 bits per heavy atom. The molecule has 0 saturated carbocycles. The van der Waals surface area contributed by atoms with Gasteiger partial charge in [-0.3, -0.25) is 4.79 Å². The standard InChI is InChI=1S/C12H12ClN3O2/c1-12(2)4-8(18-6-17)7-5-14-10-3-9(13)15-16(10)11(7)12/h3,5-6,8H,4H2,1-2H3. The van der Waals surface area contributed by atoms with Crippen LogP contribution in [0.3, 0.4) is 0 Å². The number of rotatable bonds is 2. The van der Waals surface area contributed by atoms with Crippen molar-refractivity contribution in [3.05, 3.63) is 28.7 Å². The van der Waals surface area contributed by atoms with Gasteiger partial charge in [-0.2, -0.15) is 5.10 Å². The number of carbonyl (C=O) groups excluding carboxylic acids is 1. The quantitative estimate of drug-likeness (QED) is 0.782. The van der Waals surface area contributed by atoms with E-state index in [1.165, 1.54) is 0 Å². The molecule has 0 aromatic carbocycles. The Morgan fingerprint density at radius 1 is 1.61 bits per heavy atom. The Hall–Kier alpha value is -1.62. The summed E-state index contributed by atoms with van der Waals surface area (Å²) in [5.41, 5.74) is 2.48. The summed E-state index contributed by atoms with van der Waals surface area (Å²) in [6.07, 6.45) is 2.21. The lowest BCUT2D eigenvalue weighted by atomic mass is 9.90. The summed E-state index contributed by atoms with van der Waals surface area (Å²) in [6.45, 7) is 4.67. The first-order valence-electron chi connectivity index (χ1n) is 5.67. The van der Waals surface area contributed by atoms with Gasteiger partial charge in [0.05, 0.1) is 5.69 Å². The fraction of sp³-hybridized carbons (Fsp3) is 0.417. The topological polar surface area (TPSA) is 56.5 Å². The molecule has 0 N–H and O–H groups in total. The molecule has 2 heterocycles. The second-order valence-corrected chi connectivity index (χ2v) is 5.50. The zero-order chi connectivity index (χ0) is 12.9. The third-order valence-corrected chi connectivity index (χ3v) is 3.57. The summed E-state index contributed by atoms with van der Waals surface area (Å²) in [5.74, 6) is 0. The summed E-state index contributed by atoms with van der Waals surface area (Å²) >= 11 is 5.92. The largest absolute Gasteiger partial charge is 0.460 e. The van der Waals surface area contributed by atoms with E-state index in [0.29, 0.717) is 17.3 Å². The van der Waals surface area contributed by atoms with Crippen molar-refractivity contribution in [3.63, 3.8) is 0 Å². The lowest BCUT2D eigenvalue weighted by molar-refractivity contribution is -0.134. The molecule has 1 atom stereocenters. The maximum atomic E-state index is 10.6. The highest BCUT2D eigenvalue weighted by atomic mass is 35.5. The smallest absolute Gasteiger partial charge is 0.293 e. The van der Waals surface area contributed by atoms with Crippen LogP contribution in [0.15, 0.2) is 12.3 Å². The van der Waals surface area contributed by atoms with Crippen LogP contribution in [-0.4, -0.2) is 21.1 Å². The molecule has 1 aliphatic carbocycles. The molecule has 1 unspecified atom stereocenters. The summed E-state index contributed by atoms with van der Waals surface area (Å²) < 4.78 is 6.87. The van der Waals surface area contributed by atoms with Crippen molar-refractivity contribution in [1.82, 2.24) is 14.6 Å². The van der Waals surface area contributed by atoms with E-state index in [9.17, 15) is 4.79 Å². The first-order chi connectivity index (χ1) is 8.53. The van der Waals surface area contributed by atoms with Crippen molar-refractivity contribution in [2.24, 2.45) is 0 Å². The van der Waals surface area contributed by atoms with E-state index in [2.05, 4.69) is 23.9 Å². The average molecular weight is 266 g/mol. The molecule has 0 bridgehead atoms. The molecule has 6 heteroatoms. The van der Waals surface area contributed by atoms with Crippen molar-refractivity contribution in [3.8, 4) is 0 Å². The fourth-order valence-electron chi connectivity index (χ4n) is 2.69. The van der Waals surface area contributed by atoms with Crippen LogP contribution in [0.2, 0.25) is 5.15 Å². The molecule has 0 amide bonds. The lowest BCUT2D eigenvalue weighted by Gasteiger charge is -2.18. The van der Waals surface area contributed by atoms with Gasteiger partial charge in [0.1, 0.15) is 6.10 Å². The van der Waals surface area contributed by atoms with Crippen molar-refractivity contribution in [2.45, 2.75) is 31.8 Å². The maximum Gasteiger partial charge on any atom is 0.293 e. The number of nitrogens with zero attached hydrogens (tertiary/aromatic N) is 3. The van der Waals surface area contributed by atoms with Gasteiger partial charge in [0.25, 0.3) is 6.47 Å². The number of hydrogen-bond donors (Lipinski definition) is 0. The van der Waals surface area contributed by atoms with E-state index in [4.69, 9.17) is 16.3 Å². The van der Waals surface area contributed by atoms with E-state index < -0.39 is 0 Å². The number of fused-ring (bicyclic) bond motifs is 3. The van der Waals surface area contributed by atoms with Crippen LogP contribution in [0.25, 0.3) is 5.65 Å². The van der Waals surface area contributed by atoms with Crippen LogP contribution in [0.1, 0.15) is 37.6 Å². The molecule has 2 aromatic heterocycles. The van der Waals surface area contributed by atoms with Gasteiger partial charge in [0, 0.05) is 23.2 Å². The Labute approximate surface area is 109 Å². The van der Waals surface area contributed by atoms with Crippen molar-refractivity contribution in [2.75, 3.05) is 0 Å². The van der Waals surface area contributed by atoms with Crippen LogP contribution in [0, 0.1) is 0 Å². The van der Waals surface area contributed by atoms with E-state index >= 15 is 0 Å². The molecule has 0 aliphatic heterocycles. The molecular formula is C12H12ClN3O2. The summed E-state index contributed by atoms with van der Waals surface area (Å²) in [5, 5.41) is 4.66. The van der Waals surface area contributed by atoms with Crippen molar-refractivity contribution < 1.29 is 9.53 Å². The monoisotopic (exact) mass is 265 g/mol. The van der Waals surface area contributed by atoms with E-state index in [1.807, 2.05) is 0 Å². The summed E-state index contributed by atoms with van der Waals surface area (Å²) in [7, 11) is 0. The van der Waals surface area contributed by atoms with Crippen LogP contribution in [0.5, 0.6) is 0 Å². The minimum atomic E-state index is -0.257. The van der Waals surface area contributed by atoms with Gasteiger partial charge in [0.2, 0.25) is 0 Å². The lowest BCUT2D eigenvalue weighted by Crippen LogP contribution is -2.17. The van der Waals surface area contributed by atoms with E-state index in [0.717, 1.165) is 17.7 Å². The van der Waals surface area contributed by atoms with Gasteiger partial charge < -0.3 is 4.74 Å². The van der Waals surface area contributed by atoms with Crippen molar-refractivity contribution in [1.29, 1.82) is 0 Å². The third kappa shape index (κ3) is 1.50. The zero-order valence-electron chi connectivity index (χ0n) is 10.1. The number of ether oxygens (including phenoxy) is 1. The highest BCUT2D eigenvalue weighted by Crippen LogP contribution is 2.45. The second-order valence-electron chi connectivity index (χ2n) is 5.11. The average Bonchev–Trinajstić information content (AvgIpc) is 2.76. The second kappa shape index (κ2) is 3.68. The fourth-order valence-corrected chi connectivity index (χ4v) is 2.86. The minimum Gasteiger partial charge on any atom is -0.460 e. The van der Waals surface area contributed by atoms with Gasteiger partial charge >= 0.3 is 0 Å². The molecule has 1 aliphatic rings. The normalized spacial score (nSPS) is 20.9. The SMILES string of the molecule is CC1(C)CC(OC=O)c2cnc3cc(Cl)nn3c21. The molecule has 2 aromatic rings. The Kier molecular flexibility index (Phi) is 2.35. The molecule has 0 spiro atoms. The molecule has 5 nitrogen and oxygen atoms in total. The number of hydrogen-bond acceptors (Lipinski definition) is 4. The summed E-state index contributed by atoms with van der Waals surface area (Å²) in [4.78, 5) is 14.9. The van der Waals surface area contributed by atoms with Crippen LogP contribution < -0.4 is 0 Å². The highest BCUT2D eigenvalue weighted by molar-refractivity contribution is 6.29. The molecule has 0 radical (unpaired) electrons. The van der Waals surface area contributed by atoms with E-state index in [1.54, 1.807) is 16.8 Å². The van der Waals surface area contributed by atoms with Gasteiger partial charge in [0.15, 0.2) is 10.8 Å². The third-order valence-electron chi connectivity index (χ3n) is 3.39. The highest BCUT2D eigenvalue weighted by Gasteiger charge is 2.41. The first-order valence-corrected chi connectivity index (χ1v) is 6.04. The zero-order valence-corrected chi connectivity index (χ0v) is 10.8. The van der Waals surface area contributed by atoms with Crippen molar-refractivity contribution >= 4 is 23.7 Å². The predicted octanol–water partition coefficient (Wildman–Crippen LogP) is 2.28. The Morgan fingerprint density at radius 2 is 2.39 bits per heavy atom. The molecule has 94 valence electrons. The van der Waals surface area contributed by atoms with Crippen LogP contribution in [-0.2, 0) is 14.9 Å². The Balaban J connectivity index is 2.28. The number of carbonyl (C=O) groups is 1. The van der Waals surface area contributed by atoms with Gasteiger partial charge in [-0.25, -0.2) is 9.50 Å². The molecular weight excluding hydrogens is 254 g/mol. The number of halogens is 1.